The molecule has 0 atom stereocenters. The van der Waals surface area contributed by atoms with Crippen molar-refractivity contribution >= 4 is 5.78 Å². The van der Waals surface area contributed by atoms with Crippen LogP contribution in [0.2, 0.25) is 0 Å². The van der Waals surface area contributed by atoms with Gasteiger partial charge in [0.2, 0.25) is 5.88 Å². The summed E-state index contributed by atoms with van der Waals surface area (Å²) >= 11 is 0. The van der Waals surface area contributed by atoms with Crippen LogP contribution in [0.5, 0.6) is 0 Å². The van der Waals surface area contributed by atoms with Gasteiger partial charge in [0.15, 0.2) is 17.8 Å². The van der Waals surface area contributed by atoms with Crippen molar-refractivity contribution in [2.24, 2.45) is 0 Å². The third kappa shape index (κ3) is 4.70. The smallest absolute Gasteiger partial charge is 0.231 e. The van der Waals surface area contributed by atoms with Crippen LogP contribution in [0.25, 0.3) is 0 Å². The van der Waals surface area contributed by atoms with Gasteiger partial charge in [-0.05, 0) is 56.7 Å². The molecule has 170 valence electrons. The number of fused-ring (bicyclic) bond motifs is 1. The van der Waals surface area contributed by atoms with E-state index < -0.39 is 0 Å². The van der Waals surface area contributed by atoms with Crippen molar-refractivity contribution in [2.75, 3.05) is 32.7 Å². The molecular weight excluding hydrogens is 402 g/mol. The topological polar surface area (TPSA) is 46.9 Å². The van der Waals surface area contributed by atoms with Crippen molar-refractivity contribution in [3.05, 3.63) is 71.5 Å². The summed E-state index contributed by atoms with van der Waals surface area (Å²) in [6.07, 6.45) is 19.0. The minimum atomic E-state index is 0.320. The number of ketones is 1. The van der Waals surface area contributed by atoms with Crippen LogP contribution >= 0.6 is 0 Å². The van der Waals surface area contributed by atoms with Gasteiger partial charge in [0.25, 0.3) is 0 Å². The number of Topliss-reactive ketones (excluding diaryl/α,β-unsaturated/α-hetero) is 1. The maximum absolute atomic E-state index is 12.0. The Morgan fingerprint density at radius 2 is 1.84 bits per heavy atom. The Balaban J connectivity index is 1.03. The van der Waals surface area contributed by atoms with Crippen LogP contribution < -0.4 is 0 Å². The molecule has 1 aromatic heterocycles. The van der Waals surface area contributed by atoms with Gasteiger partial charge in [-0.25, -0.2) is 0 Å². The van der Waals surface area contributed by atoms with E-state index >= 15 is 0 Å². The number of rotatable bonds is 7. The Labute approximate surface area is 190 Å². The fraction of sp³-hybridized carbons (Fsp3) is 0.500. The number of carbonyl (C=O) groups is 1. The maximum atomic E-state index is 12.0. The van der Waals surface area contributed by atoms with Crippen LogP contribution in [0.3, 0.4) is 0 Å². The molecule has 1 saturated heterocycles. The number of hydrogen-bond donors (Lipinski definition) is 0. The standard InChI is InChI=1S/C26H33N3O3/c30-24-10-6-9-23-22(24)11-14-28(23)13-5-4-12-27-15-17-29(18-16-27)26-20-31-19-25(32-26)21-7-2-1-3-8-21/h1-2,7,11,14,19-20H,3-6,8-10,12-13,15-18H2. The average Bonchev–Trinajstić information content (AvgIpc) is 3.27. The summed E-state index contributed by atoms with van der Waals surface area (Å²) in [7, 11) is 0. The molecule has 0 amide bonds. The fourth-order valence-electron chi connectivity index (χ4n) is 5.01. The van der Waals surface area contributed by atoms with Crippen molar-refractivity contribution in [3.63, 3.8) is 0 Å². The van der Waals surface area contributed by atoms with Crippen LogP contribution in [0.1, 0.15) is 54.6 Å². The number of piperazine rings is 1. The number of hydrogen-bond acceptors (Lipinski definition) is 5. The predicted molar refractivity (Wildman–Crippen MR) is 124 cm³/mol. The van der Waals surface area contributed by atoms with Crippen molar-refractivity contribution in [3.8, 4) is 0 Å². The number of unbranched alkanes of at least 4 members (excludes halogenated alkanes) is 1. The van der Waals surface area contributed by atoms with Crippen molar-refractivity contribution in [2.45, 2.75) is 51.5 Å². The molecule has 3 heterocycles. The molecule has 4 aliphatic rings. The SMILES string of the molecule is O=C1CCCc2c1ccn2CCCCN1CCN(C2=COC=C(C3=CC=CCC3)O2)CC1. The lowest BCUT2D eigenvalue weighted by Gasteiger charge is -2.37. The van der Waals surface area contributed by atoms with Gasteiger partial charge >= 0.3 is 0 Å². The first-order chi connectivity index (χ1) is 15.8. The number of allylic oxidation sites excluding steroid dienone is 4. The Morgan fingerprint density at radius 1 is 0.969 bits per heavy atom. The summed E-state index contributed by atoms with van der Waals surface area (Å²) < 4.78 is 14.1. The van der Waals surface area contributed by atoms with Crippen molar-refractivity contribution in [1.29, 1.82) is 0 Å². The second-order valence-electron chi connectivity index (χ2n) is 9.02. The van der Waals surface area contributed by atoms with E-state index in [1.807, 2.05) is 6.07 Å². The lowest BCUT2D eigenvalue weighted by Crippen LogP contribution is -2.46. The van der Waals surface area contributed by atoms with Crippen LogP contribution in [0, 0.1) is 0 Å². The lowest BCUT2D eigenvalue weighted by molar-refractivity contribution is 0.0785. The molecular formula is C26H33N3O3. The molecule has 0 radical (unpaired) electrons. The zero-order chi connectivity index (χ0) is 21.8. The molecule has 2 aliphatic carbocycles. The number of aromatic nitrogens is 1. The van der Waals surface area contributed by atoms with Crippen LogP contribution in [-0.2, 0) is 22.4 Å². The highest BCUT2D eigenvalue weighted by atomic mass is 16.6. The first kappa shape index (κ1) is 21.1. The molecule has 6 nitrogen and oxygen atoms in total. The van der Waals surface area contributed by atoms with E-state index in [0.29, 0.717) is 12.2 Å². The van der Waals surface area contributed by atoms with Gasteiger partial charge in [0, 0.05) is 56.6 Å². The Morgan fingerprint density at radius 3 is 2.69 bits per heavy atom. The van der Waals surface area contributed by atoms with Gasteiger partial charge in [-0.1, -0.05) is 18.2 Å². The predicted octanol–water partition coefficient (Wildman–Crippen LogP) is 4.37. The summed E-state index contributed by atoms with van der Waals surface area (Å²) in [5.41, 5.74) is 3.42. The number of aryl methyl sites for hydroxylation is 1. The van der Waals surface area contributed by atoms with Crippen LogP contribution in [0.15, 0.2) is 60.2 Å². The monoisotopic (exact) mass is 435 g/mol. The molecule has 0 spiro atoms. The van der Waals surface area contributed by atoms with Crippen molar-refractivity contribution in [1.82, 2.24) is 14.4 Å². The van der Waals surface area contributed by atoms with E-state index in [4.69, 9.17) is 9.47 Å². The summed E-state index contributed by atoms with van der Waals surface area (Å²) in [5, 5.41) is 0. The summed E-state index contributed by atoms with van der Waals surface area (Å²) in [4.78, 5) is 16.8. The minimum absolute atomic E-state index is 0.320. The van der Waals surface area contributed by atoms with Crippen LogP contribution in [0.4, 0.5) is 0 Å². The second kappa shape index (κ2) is 9.82. The summed E-state index contributed by atoms with van der Waals surface area (Å²) in [6, 6.07) is 2.02. The van der Waals surface area contributed by atoms with E-state index in [0.717, 1.165) is 88.6 Å². The van der Waals surface area contributed by atoms with Crippen LogP contribution in [-0.4, -0.2) is 52.9 Å². The van der Waals surface area contributed by atoms with E-state index in [-0.39, 0.29) is 0 Å². The Bertz CT molecular complexity index is 961. The second-order valence-corrected chi connectivity index (χ2v) is 9.02. The first-order valence-electron chi connectivity index (χ1n) is 12.1. The van der Waals surface area contributed by atoms with E-state index in [2.05, 4.69) is 38.8 Å². The summed E-state index contributed by atoms with van der Waals surface area (Å²) in [5.74, 6) is 1.98. The molecule has 1 aromatic rings. The van der Waals surface area contributed by atoms with Gasteiger partial charge < -0.3 is 18.9 Å². The molecule has 32 heavy (non-hydrogen) atoms. The van der Waals surface area contributed by atoms with E-state index in [1.54, 1.807) is 12.5 Å². The third-order valence-corrected chi connectivity index (χ3v) is 6.89. The Kier molecular flexibility index (Phi) is 6.49. The molecule has 0 aromatic carbocycles. The minimum Gasteiger partial charge on any atom is -0.463 e. The highest BCUT2D eigenvalue weighted by Crippen LogP contribution is 2.28. The van der Waals surface area contributed by atoms with Gasteiger partial charge in [0.05, 0.1) is 0 Å². The molecule has 0 N–H and O–H groups in total. The van der Waals surface area contributed by atoms with Gasteiger partial charge in [0.1, 0.15) is 6.26 Å². The van der Waals surface area contributed by atoms with Gasteiger partial charge in [-0.2, -0.15) is 0 Å². The van der Waals surface area contributed by atoms with E-state index in [1.165, 1.54) is 17.7 Å². The third-order valence-electron chi connectivity index (χ3n) is 6.89. The largest absolute Gasteiger partial charge is 0.463 e. The highest BCUT2D eigenvalue weighted by Gasteiger charge is 2.24. The quantitative estimate of drug-likeness (QED) is 0.595. The summed E-state index contributed by atoms with van der Waals surface area (Å²) in [6.45, 7) is 6.12. The number of nitrogens with zero attached hydrogens (tertiary/aromatic N) is 3. The fourth-order valence-corrected chi connectivity index (χ4v) is 5.01. The zero-order valence-corrected chi connectivity index (χ0v) is 18.8. The zero-order valence-electron chi connectivity index (χ0n) is 18.8. The molecule has 0 saturated carbocycles. The van der Waals surface area contributed by atoms with Gasteiger partial charge in [-0.3, -0.25) is 9.69 Å². The van der Waals surface area contributed by atoms with Crippen molar-refractivity contribution < 1.29 is 14.3 Å². The molecule has 1 fully saturated rings. The average molecular weight is 436 g/mol. The number of ether oxygens (including phenoxy) is 2. The first-order valence-corrected chi connectivity index (χ1v) is 12.1. The number of carbonyl (C=O) groups excluding carboxylic acids is 1. The molecule has 2 aliphatic heterocycles. The van der Waals surface area contributed by atoms with E-state index in [9.17, 15) is 4.79 Å². The lowest BCUT2D eigenvalue weighted by atomic mass is 9.97. The van der Waals surface area contributed by atoms with Gasteiger partial charge in [-0.15, -0.1) is 0 Å². The molecule has 6 heteroatoms. The molecule has 0 bridgehead atoms. The normalized spacial score (nSPS) is 21.3. The highest BCUT2D eigenvalue weighted by molar-refractivity contribution is 5.98. The Hall–Kier alpha value is -2.73. The molecule has 5 rings (SSSR count). The molecule has 0 unspecified atom stereocenters. The maximum Gasteiger partial charge on any atom is 0.231 e.